The fourth-order valence-electron chi connectivity index (χ4n) is 0.631. The number of rotatable bonds is 6. The highest BCUT2D eigenvalue weighted by Gasteiger charge is 1.85. The van der Waals surface area contributed by atoms with Crippen LogP contribution >= 0.6 is 0 Å². The molecule has 0 saturated carbocycles. The van der Waals surface area contributed by atoms with E-state index >= 15 is 0 Å². The van der Waals surface area contributed by atoms with Crippen LogP contribution in [0.4, 0.5) is 0 Å². The minimum Gasteiger partial charge on any atom is -0.386 e. The van der Waals surface area contributed by atoms with Crippen molar-refractivity contribution < 1.29 is 4.84 Å². The topological polar surface area (TPSA) is 21.6 Å². The first kappa shape index (κ1) is 8.82. The van der Waals surface area contributed by atoms with Crippen LogP contribution in [0, 0.1) is 0 Å². The first-order valence-corrected chi connectivity index (χ1v) is 3.73. The third-order valence-corrected chi connectivity index (χ3v) is 1.25. The van der Waals surface area contributed by atoms with E-state index in [1.807, 2.05) is 0 Å². The van der Waals surface area contributed by atoms with E-state index in [1.165, 1.54) is 19.3 Å². The minimum atomic E-state index is 0.684. The first-order valence-electron chi connectivity index (χ1n) is 3.36. The molecule has 0 fully saturated rings. The molecule has 0 unspecified atom stereocenters. The molecule has 0 N–H and O–H groups in total. The number of nitrogens with zero attached hydrogens (tertiary/aromatic N) is 1. The Morgan fingerprint density at radius 1 is 1.33 bits per heavy atom. The van der Waals surface area contributed by atoms with E-state index in [9.17, 15) is 0 Å². The zero-order chi connectivity index (χ0) is 6.95. The van der Waals surface area contributed by atoms with Gasteiger partial charge in [-0.1, -0.05) is 19.8 Å². The Kier molecular flexibility index (Phi) is 7.66. The highest BCUT2D eigenvalue weighted by Crippen LogP contribution is 1.98. The second-order valence-electron chi connectivity index (χ2n) is 1.97. The third kappa shape index (κ3) is 7.82. The number of hydrogen-bond donors (Lipinski definition) is 0. The molecule has 0 atom stereocenters. The van der Waals surface area contributed by atoms with Gasteiger partial charge in [-0.25, -0.2) is 0 Å². The summed E-state index contributed by atoms with van der Waals surface area (Å²) in [6.45, 7) is 2.86. The molecule has 0 aliphatic heterocycles. The van der Waals surface area contributed by atoms with Gasteiger partial charge in [0.25, 0.3) is 0 Å². The van der Waals surface area contributed by atoms with Gasteiger partial charge in [-0.2, -0.15) is 0 Å². The van der Waals surface area contributed by atoms with E-state index in [4.69, 9.17) is 0 Å². The molecule has 0 aromatic rings. The maximum absolute atomic E-state index is 4.62. The highest BCUT2D eigenvalue weighted by molar-refractivity contribution is 7.47. The van der Waals surface area contributed by atoms with Crippen molar-refractivity contribution in [2.45, 2.75) is 32.6 Å². The van der Waals surface area contributed by atoms with Gasteiger partial charge in [-0.3, -0.25) is 0 Å². The van der Waals surface area contributed by atoms with Crippen LogP contribution in [0.3, 0.4) is 0 Å². The highest BCUT2D eigenvalue weighted by atomic mass is 32.1. The Balaban J connectivity index is 2.66. The zero-order valence-corrected chi connectivity index (χ0v) is 6.62. The van der Waals surface area contributed by atoms with Crippen LogP contribution in [0.1, 0.15) is 32.6 Å². The summed E-state index contributed by atoms with van der Waals surface area (Å²) in [7, 11) is 0. The lowest BCUT2D eigenvalue weighted by atomic mass is 10.2. The molecule has 0 radical (unpaired) electrons. The Morgan fingerprint density at radius 3 is 2.67 bits per heavy atom. The molecule has 0 heterocycles. The Morgan fingerprint density at radius 2 is 2.11 bits per heavy atom. The van der Waals surface area contributed by atoms with Gasteiger partial charge < -0.3 is 4.84 Å². The van der Waals surface area contributed by atoms with Crippen LogP contribution in [0.5, 0.6) is 0 Å². The van der Waals surface area contributed by atoms with Gasteiger partial charge in [0.15, 0.2) is 0 Å². The molecule has 0 rings (SSSR count). The van der Waals surface area contributed by atoms with Crippen LogP contribution in [0.25, 0.3) is 0 Å². The average molecular weight is 147 g/mol. The molecular formula is C6H13NOS. The molecule has 0 amide bonds. The maximum Gasteiger partial charge on any atom is 0.118 e. The van der Waals surface area contributed by atoms with E-state index < -0.39 is 0 Å². The molecule has 54 valence electrons. The predicted octanol–water partition coefficient (Wildman–Crippen LogP) is 2.23. The lowest BCUT2D eigenvalue weighted by Crippen LogP contribution is -1.85. The van der Waals surface area contributed by atoms with E-state index in [-0.39, 0.29) is 0 Å². The van der Waals surface area contributed by atoms with Gasteiger partial charge in [0.05, 0.1) is 12.4 Å². The largest absolute Gasteiger partial charge is 0.386 e. The summed E-state index contributed by atoms with van der Waals surface area (Å²) >= 11 is 4.23. The van der Waals surface area contributed by atoms with Crippen molar-refractivity contribution in [1.82, 2.24) is 0 Å². The van der Waals surface area contributed by atoms with Gasteiger partial charge in [0.1, 0.15) is 6.61 Å². The fourth-order valence-corrected chi connectivity index (χ4v) is 0.705. The van der Waals surface area contributed by atoms with Crippen LogP contribution in [-0.4, -0.2) is 6.61 Å². The molecule has 0 aliphatic carbocycles. The van der Waals surface area contributed by atoms with Crippen molar-refractivity contribution in [2.24, 2.45) is 4.53 Å². The Bertz CT molecular complexity index is 68.1. The third-order valence-electron chi connectivity index (χ3n) is 1.14. The molecule has 0 aromatic carbocycles. The molecule has 9 heavy (non-hydrogen) atoms. The number of hydrogen-bond acceptors (Lipinski definition) is 3. The van der Waals surface area contributed by atoms with Gasteiger partial charge in [-0.05, 0) is 17.4 Å². The molecular weight excluding hydrogens is 134 g/mol. The van der Waals surface area contributed by atoms with Gasteiger partial charge in [-0.15, -0.1) is 0 Å². The second-order valence-corrected chi connectivity index (χ2v) is 2.12. The summed E-state index contributed by atoms with van der Waals surface area (Å²) in [4.78, 5) is 4.62. The van der Waals surface area contributed by atoms with Gasteiger partial charge >= 0.3 is 0 Å². The molecule has 3 heteroatoms. The quantitative estimate of drug-likeness (QED) is 0.424. The summed E-state index contributed by atoms with van der Waals surface area (Å²) in [6.07, 6.45) is 4.83. The van der Waals surface area contributed by atoms with Crippen LogP contribution < -0.4 is 0 Å². The van der Waals surface area contributed by atoms with Crippen molar-refractivity contribution in [1.29, 1.82) is 0 Å². The monoisotopic (exact) mass is 147 g/mol. The fraction of sp³-hybridized carbons (Fsp3) is 1.00. The lowest BCUT2D eigenvalue weighted by molar-refractivity contribution is 0.147. The van der Waals surface area contributed by atoms with Crippen molar-refractivity contribution >= 4 is 12.4 Å². The summed E-state index contributed by atoms with van der Waals surface area (Å²) in [5.41, 5.74) is 0. The van der Waals surface area contributed by atoms with E-state index in [0.29, 0.717) is 6.61 Å². The smallest absolute Gasteiger partial charge is 0.118 e. The van der Waals surface area contributed by atoms with Crippen molar-refractivity contribution in [2.75, 3.05) is 6.61 Å². The Labute approximate surface area is 61.7 Å². The molecule has 2 nitrogen and oxygen atoms in total. The first-order chi connectivity index (χ1) is 4.41. The van der Waals surface area contributed by atoms with Crippen LogP contribution in [0.2, 0.25) is 0 Å². The van der Waals surface area contributed by atoms with Gasteiger partial charge in [0.2, 0.25) is 0 Å². The lowest BCUT2D eigenvalue weighted by Gasteiger charge is -1.95. The van der Waals surface area contributed by atoms with Crippen molar-refractivity contribution in [3.05, 3.63) is 0 Å². The molecule has 0 aromatic heterocycles. The van der Waals surface area contributed by atoms with Crippen molar-refractivity contribution in [3.8, 4) is 0 Å². The molecule has 0 saturated heterocycles. The van der Waals surface area contributed by atoms with E-state index in [0.717, 1.165) is 6.42 Å². The van der Waals surface area contributed by atoms with Crippen LogP contribution in [-0.2, 0) is 17.3 Å². The van der Waals surface area contributed by atoms with Crippen molar-refractivity contribution in [3.63, 3.8) is 0 Å². The SMILES string of the molecule is CCCCCCON=S. The van der Waals surface area contributed by atoms with E-state index in [2.05, 4.69) is 28.7 Å². The van der Waals surface area contributed by atoms with Crippen LogP contribution in [0.15, 0.2) is 4.53 Å². The van der Waals surface area contributed by atoms with E-state index in [1.54, 1.807) is 0 Å². The molecule has 0 bridgehead atoms. The number of unbranched alkanes of at least 4 members (excludes halogenated alkanes) is 3. The second kappa shape index (κ2) is 7.82. The zero-order valence-electron chi connectivity index (χ0n) is 5.80. The summed E-state index contributed by atoms with van der Waals surface area (Å²) in [5.74, 6) is 0. The summed E-state index contributed by atoms with van der Waals surface area (Å²) < 4.78 is 3.12. The standard InChI is InChI=1S/C6H13NOS/c1-2-3-4-5-6-8-7-9/h2-6H2,1H3. The Hall–Kier alpha value is -0.180. The summed E-state index contributed by atoms with van der Waals surface area (Å²) in [5, 5.41) is 0. The van der Waals surface area contributed by atoms with Gasteiger partial charge in [0, 0.05) is 0 Å². The minimum absolute atomic E-state index is 0.684. The predicted molar refractivity (Wildman–Crippen MR) is 39.9 cm³/mol. The summed E-state index contributed by atoms with van der Waals surface area (Å²) in [6, 6.07) is 0. The maximum atomic E-state index is 4.62. The average Bonchev–Trinajstić information content (AvgIpc) is 1.89. The normalized spacial score (nSPS) is 9.00. The molecule has 0 aliphatic rings. The molecule has 0 spiro atoms.